The first-order valence-corrected chi connectivity index (χ1v) is 9.72. The molecule has 0 aromatic heterocycles. The van der Waals surface area contributed by atoms with E-state index in [-0.39, 0.29) is 5.43 Å². The van der Waals surface area contributed by atoms with Crippen molar-refractivity contribution in [1.29, 1.82) is 0 Å². The molecule has 0 bridgehead atoms. The average Bonchev–Trinajstić information content (AvgIpc) is 2.76. The third kappa shape index (κ3) is 3.91. The second-order valence-electron chi connectivity index (χ2n) is 6.85. The van der Waals surface area contributed by atoms with Crippen LogP contribution in [0.3, 0.4) is 0 Å². The van der Waals surface area contributed by atoms with Gasteiger partial charge in [0.15, 0.2) is 5.43 Å². The molecule has 1 heterocycles. The van der Waals surface area contributed by atoms with Crippen molar-refractivity contribution in [2.24, 2.45) is 0 Å². The molecule has 4 heteroatoms. The number of fused-ring (bicyclic) bond motifs is 2. The number of hydrogen-bond donors (Lipinski definition) is 0. The minimum absolute atomic E-state index is 0.0989. The number of rotatable bonds is 8. The van der Waals surface area contributed by atoms with Gasteiger partial charge in [-0.2, -0.15) is 0 Å². The fourth-order valence-electron chi connectivity index (χ4n) is 3.53. The van der Waals surface area contributed by atoms with Gasteiger partial charge in [0.25, 0.3) is 0 Å². The van der Waals surface area contributed by atoms with Crippen LogP contribution in [0.4, 0.5) is 0 Å². The van der Waals surface area contributed by atoms with Gasteiger partial charge in [-0.15, -0.1) is 6.58 Å². The van der Waals surface area contributed by atoms with Gasteiger partial charge in [0.2, 0.25) is 0 Å². The highest BCUT2D eigenvalue weighted by Gasteiger charge is 2.19. The first-order valence-electron chi connectivity index (χ1n) is 9.72. The fraction of sp³-hybridized carbons (Fsp3) is 0.115. The molecule has 0 atom stereocenters. The highest BCUT2D eigenvalue weighted by molar-refractivity contribution is 6.02. The third-order valence-electron chi connectivity index (χ3n) is 4.81. The summed E-state index contributed by atoms with van der Waals surface area (Å²) in [5, 5.41) is 0.934. The topological polar surface area (TPSA) is 48.7 Å². The smallest absolute Gasteiger partial charge is 0.182 e. The van der Waals surface area contributed by atoms with Gasteiger partial charge < -0.3 is 13.9 Å². The van der Waals surface area contributed by atoms with Gasteiger partial charge in [0.1, 0.15) is 23.7 Å². The van der Waals surface area contributed by atoms with E-state index in [0.29, 0.717) is 36.9 Å². The van der Waals surface area contributed by atoms with Crippen LogP contribution in [-0.2, 0) is 11.3 Å². The maximum absolute atomic E-state index is 12.0. The molecule has 150 valence electrons. The molecule has 0 saturated heterocycles. The molecule has 0 amide bonds. The molecular formula is C26H22O4. The van der Waals surface area contributed by atoms with E-state index >= 15 is 0 Å². The fourth-order valence-corrected chi connectivity index (χ4v) is 3.53. The summed E-state index contributed by atoms with van der Waals surface area (Å²) < 4.78 is 17.5. The molecule has 1 aliphatic heterocycles. The standard InChI is InChI=1S/C26H22O4/c1-3-13-28-17-18-7-5-6-8-21(18)26-22-11-9-19(27)15-24(22)30-25-16-20(29-14-4-2)10-12-23(25)26/h3-12,15-16H,1-2,13-14,17H2. The van der Waals surface area contributed by atoms with Crippen LogP contribution in [0.2, 0.25) is 0 Å². The molecule has 0 spiro atoms. The van der Waals surface area contributed by atoms with Crippen LogP contribution in [0.15, 0.2) is 95.2 Å². The molecule has 1 aliphatic carbocycles. The second-order valence-corrected chi connectivity index (χ2v) is 6.85. The predicted octanol–water partition coefficient (Wildman–Crippen LogP) is 5.83. The van der Waals surface area contributed by atoms with Crippen LogP contribution in [-0.4, -0.2) is 13.2 Å². The van der Waals surface area contributed by atoms with Gasteiger partial charge in [-0.1, -0.05) is 43.0 Å². The SMILES string of the molecule is C=CCOCc1ccccc1-c1c2ccc(=O)cc-2oc2cc(OCC=C)ccc12. The van der Waals surface area contributed by atoms with Gasteiger partial charge >= 0.3 is 0 Å². The van der Waals surface area contributed by atoms with Crippen LogP contribution >= 0.6 is 0 Å². The van der Waals surface area contributed by atoms with Crippen molar-refractivity contribution in [3.05, 3.63) is 102 Å². The van der Waals surface area contributed by atoms with E-state index in [1.165, 1.54) is 6.07 Å². The Labute approximate surface area is 175 Å². The van der Waals surface area contributed by atoms with Crippen LogP contribution in [0.25, 0.3) is 33.4 Å². The Morgan fingerprint density at radius 2 is 1.73 bits per heavy atom. The van der Waals surface area contributed by atoms with Crippen molar-refractivity contribution in [3.8, 4) is 28.2 Å². The van der Waals surface area contributed by atoms with E-state index in [0.717, 1.165) is 27.6 Å². The largest absolute Gasteiger partial charge is 0.489 e. The van der Waals surface area contributed by atoms with Crippen molar-refractivity contribution in [2.75, 3.05) is 13.2 Å². The molecule has 0 N–H and O–H groups in total. The lowest BCUT2D eigenvalue weighted by Gasteiger charge is -2.18. The first kappa shape index (κ1) is 19.7. The van der Waals surface area contributed by atoms with Crippen LogP contribution in [0, 0.1) is 0 Å². The number of benzene rings is 3. The highest BCUT2D eigenvalue weighted by atomic mass is 16.5. The summed E-state index contributed by atoms with van der Waals surface area (Å²) in [6.45, 7) is 8.72. The molecule has 0 fully saturated rings. The first-order chi connectivity index (χ1) is 14.7. The second kappa shape index (κ2) is 8.80. The number of ether oxygens (including phenoxy) is 2. The lowest BCUT2D eigenvalue weighted by molar-refractivity contribution is 0.149. The molecule has 0 saturated carbocycles. The Kier molecular flexibility index (Phi) is 5.77. The maximum Gasteiger partial charge on any atom is 0.182 e. The molecule has 4 nitrogen and oxygen atoms in total. The summed E-state index contributed by atoms with van der Waals surface area (Å²) >= 11 is 0. The van der Waals surface area contributed by atoms with E-state index in [1.807, 2.05) is 42.5 Å². The van der Waals surface area contributed by atoms with Crippen molar-refractivity contribution in [1.82, 2.24) is 0 Å². The molecule has 0 unspecified atom stereocenters. The minimum atomic E-state index is -0.0989. The monoisotopic (exact) mass is 398 g/mol. The Balaban J connectivity index is 1.97. The van der Waals surface area contributed by atoms with Crippen LogP contribution in [0.5, 0.6) is 5.75 Å². The molecule has 2 aromatic rings. The molecule has 0 radical (unpaired) electrons. The molecular weight excluding hydrogens is 376 g/mol. The summed E-state index contributed by atoms with van der Waals surface area (Å²) in [7, 11) is 0. The Morgan fingerprint density at radius 3 is 2.57 bits per heavy atom. The van der Waals surface area contributed by atoms with Gasteiger partial charge in [-0.25, -0.2) is 0 Å². The average molecular weight is 398 g/mol. The lowest BCUT2D eigenvalue weighted by Crippen LogP contribution is -2.02. The summed E-state index contributed by atoms with van der Waals surface area (Å²) in [5.41, 5.74) is 4.50. The van der Waals surface area contributed by atoms with Crippen molar-refractivity contribution in [3.63, 3.8) is 0 Å². The van der Waals surface area contributed by atoms with Gasteiger partial charge in [-0.3, -0.25) is 4.79 Å². The van der Waals surface area contributed by atoms with Gasteiger partial charge in [0, 0.05) is 28.6 Å². The Morgan fingerprint density at radius 1 is 0.900 bits per heavy atom. The maximum atomic E-state index is 12.0. The van der Waals surface area contributed by atoms with Crippen LogP contribution in [0.1, 0.15) is 5.56 Å². The normalized spacial score (nSPS) is 10.9. The van der Waals surface area contributed by atoms with E-state index < -0.39 is 0 Å². The summed E-state index contributed by atoms with van der Waals surface area (Å²) in [6, 6.07) is 18.7. The van der Waals surface area contributed by atoms with E-state index in [1.54, 1.807) is 18.2 Å². The van der Waals surface area contributed by atoms with Gasteiger partial charge in [0.05, 0.1) is 13.2 Å². The molecule has 4 rings (SSSR count). The van der Waals surface area contributed by atoms with E-state index in [4.69, 9.17) is 13.9 Å². The zero-order valence-corrected chi connectivity index (χ0v) is 16.6. The molecule has 2 aliphatic rings. The van der Waals surface area contributed by atoms with Crippen LogP contribution < -0.4 is 10.2 Å². The zero-order chi connectivity index (χ0) is 20.9. The third-order valence-corrected chi connectivity index (χ3v) is 4.81. The quantitative estimate of drug-likeness (QED) is 0.213. The highest BCUT2D eigenvalue weighted by Crippen LogP contribution is 2.42. The van der Waals surface area contributed by atoms with Crippen molar-refractivity contribution < 1.29 is 13.9 Å². The molecule has 30 heavy (non-hydrogen) atoms. The van der Waals surface area contributed by atoms with Crippen molar-refractivity contribution >= 4 is 11.0 Å². The molecule has 2 aromatic carbocycles. The lowest BCUT2D eigenvalue weighted by atomic mass is 9.91. The van der Waals surface area contributed by atoms with Gasteiger partial charge in [-0.05, 0) is 35.4 Å². The zero-order valence-electron chi connectivity index (χ0n) is 16.6. The Bertz CT molecular complexity index is 1240. The van der Waals surface area contributed by atoms with Crippen molar-refractivity contribution in [2.45, 2.75) is 6.61 Å². The van der Waals surface area contributed by atoms with E-state index in [9.17, 15) is 4.79 Å². The predicted molar refractivity (Wildman–Crippen MR) is 120 cm³/mol. The minimum Gasteiger partial charge on any atom is -0.489 e. The summed E-state index contributed by atoms with van der Waals surface area (Å²) in [6.07, 6.45) is 3.42. The Hall–Kier alpha value is -3.63. The summed E-state index contributed by atoms with van der Waals surface area (Å²) in [5.74, 6) is 1.21. The number of hydrogen-bond acceptors (Lipinski definition) is 4. The summed E-state index contributed by atoms with van der Waals surface area (Å²) in [4.78, 5) is 12.0. The van der Waals surface area contributed by atoms with E-state index in [2.05, 4.69) is 19.2 Å².